The second kappa shape index (κ2) is 6.99. The average Bonchev–Trinajstić information content (AvgIpc) is 2.90. The van der Waals surface area contributed by atoms with Gasteiger partial charge in [0.15, 0.2) is 11.5 Å². The van der Waals surface area contributed by atoms with E-state index in [-0.39, 0.29) is 6.61 Å². The number of aromatic nitrogens is 1. The van der Waals surface area contributed by atoms with E-state index in [1.54, 1.807) is 14.2 Å². The lowest BCUT2D eigenvalue weighted by Gasteiger charge is -2.15. The number of nitrogens with one attached hydrogen (secondary N) is 1. The minimum atomic E-state index is 0.287. The summed E-state index contributed by atoms with van der Waals surface area (Å²) >= 11 is 0. The molecule has 1 aromatic carbocycles. The summed E-state index contributed by atoms with van der Waals surface area (Å²) < 4.78 is 21.6. The van der Waals surface area contributed by atoms with Crippen LogP contribution < -0.4 is 19.5 Å². The zero-order valence-electron chi connectivity index (χ0n) is 12.7. The molecule has 0 saturated heterocycles. The Balaban J connectivity index is 2.23. The summed E-state index contributed by atoms with van der Waals surface area (Å²) in [5.74, 6) is 2.55. The highest BCUT2D eigenvalue weighted by Gasteiger charge is 2.15. The van der Waals surface area contributed by atoms with Crippen molar-refractivity contribution in [2.75, 3.05) is 21.3 Å². The Kier molecular flexibility index (Phi) is 5.05. The molecule has 21 heavy (non-hydrogen) atoms. The molecule has 0 amide bonds. The molecule has 0 atom stereocenters. The molecule has 0 aliphatic heterocycles. The molecule has 2 aromatic rings. The molecule has 1 N–H and O–H groups in total. The van der Waals surface area contributed by atoms with Gasteiger partial charge in [-0.1, -0.05) is 5.16 Å². The number of benzene rings is 1. The predicted octanol–water partition coefficient (Wildman–Crippen LogP) is 2.30. The van der Waals surface area contributed by atoms with Gasteiger partial charge in [0.1, 0.15) is 18.1 Å². The number of hydrogen-bond acceptors (Lipinski definition) is 6. The second-order valence-corrected chi connectivity index (χ2v) is 4.58. The van der Waals surface area contributed by atoms with Crippen molar-refractivity contribution in [1.82, 2.24) is 10.5 Å². The van der Waals surface area contributed by atoms with E-state index < -0.39 is 0 Å². The number of hydrogen-bond donors (Lipinski definition) is 1. The third-order valence-electron chi connectivity index (χ3n) is 2.94. The summed E-state index contributed by atoms with van der Waals surface area (Å²) in [6.07, 6.45) is 0. The Morgan fingerprint density at radius 2 is 1.81 bits per heavy atom. The van der Waals surface area contributed by atoms with E-state index in [1.807, 2.05) is 32.2 Å². The van der Waals surface area contributed by atoms with Crippen LogP contribution in [-0.4, -0.2) is 26.4 Å². The molecule has 1 aromatic heterocycles. The van der Waals surface area contributed by atoms with E-state index in [0.717, 1.165) is 23.6 Å². The van der Waals surface area contributed by atoms with Crippen molar-refractivity contribution >= 4 is 0 Å². The van der Waals surface area contributed by atoms with Crippen molar-refractivity contribution in [2.24, 2.45) is 0 Å². The van der Waals surface area contributed by atoms with Crippen LogP contribution in [0, 0.1) is 6.92 Å². The van der Waals surface area contributed by atoms with E-state index in [4.69, 9.17) is 18.7 Å². The molecule has 0 radical (unpaired) electrons. The Bertz CT molecular complexity index is 570. The summed E-state index contributed by atoms with van der Waals surface area (Å²) in [5.41, 5.74) is 1.77. The maximum absolute atomic E-state index is 5.79. The summed E-state index contributed by atoms with van der Waals surface area (Å²) in [7, 11) is 5.09. The Morgan fingerprint density at radius 1 is 1.14 bits per heavy atom. The molecule has 2 rings (SSSR count). The minimum Gasteiger partial charge on any atom is -0.493 e. The second-order valence-electron chi connectivity index (χ2n) is 4.58. The van der Waals surface area contributed by atoms with Gasteiger partial charge in [0, 0.05) is 12.6 Å². The molecule has 0 aliphatic carbocycles. The van der Waals surface area contributed by atoms with Crippen LogP contribution in [0.3, 0.4) is 0 Å². The minimum absolute atomic E-state index is 0.287. The fourth-order valence-electron chi connectivity index (χ4n) is 2.01. The van der Waals surface area contributed by atoms with Crippen LogP contribution in [-0.2, 0) is 13.2 Å². The molecular formula is C15H20N2O4. The first kappa shape index (κ1) is 15.2. The number of methoxy groups -OCH3 is 2. The van der Waals surface area contributed by atoms with Crippen LogP contribution >= 0.6 is 0 Å². The monoisotopic (exact) mass is 292 g/mol. The van der Waals surface area contributed by atoms with Crippen molar-refractivity contribution in [3.63, 3.8) is 0 Å². The average molecular weight is 292 g/mol. The first-order valence-corrected chi connectivity index (χ1v) is 6.62. The largest absolute Gasteiger partial charge is 0.493 e. The third-order valence-corrected chi connectivity index (χ3v) is 2.94. The fraction of sp³-hybridized carbons (Fsp3) is 0.400. The van der Waals surface area contributed by atoms with Gasteiger partial charge in [0.2, 0.25) is 5.75 Å². The Morgan fingerprint density at radius 3 is 2.29 bits per heavy atom. The first-order chi connectivity index (χ1) is 10.2. The van der Waals surface area contributed by atoms with Gasteiger partial charge in [-0.2, -0.15) is 0 Å². The van der Waals surface area contributed by atoms with Gasteiger partial charge in [0.05, 0.1) is 14.2 Å². The number of rotatable bonds is 7. The van der Waals surface area contributed by atoms with Gasteiger partial charge in [-0.25, -0.2) is 0 Å². The van der Waals surface area contributed by atoms with E-state index in [9.17, 15) is 0 Å². The van der Waals surface area contributed by atoms with Crippen LogP contribution in [0.1, 0.15) is 17.0 Å². The summed E-state index contributed by atoms with van der Waals surface area (Å²) in [6, 6.07) is 5.67. The summed E-state index contributed by atoms with van der Waals surface area (Å²) in [5, 5.41) is 6.99. The Labute approximate surface area is 124 Å². The van der Waals surface area contributed by atoms with Crippen molar-refractivity contribution in [2.45, 2.75) is 20.1 Å². The molecule has 0 spiro atoms. The number of aryl methyl sites for hydroxylation is 1. The van der Waals surface area contributed by atoms with Gasteiger partial charge in [-0.3, -0.25) is 0 Å². The third kappa shape index (κ3) is 3.66. The summed E-state index contributed by atoms with van der Waals surface area (Å²) in [4.78, 5) is 0. The van der Waals surface area contributed by atoms with Crippen molar-refractivity contribution < 1.29 is 18.7 Å². The zero-order valence-corrected chi connectivity index (χ0v) is 12.7. The quantitative estimate of drug-likeness (QED) is 0.844. The SMILES string of the molecule is CNCc1cc(OC)c(OCc2cc(C)on2)c(OC)c1. The predicted molar refractivity (Wildman–Crippen MR) is 77.9 cm³/mol. The van der Waals surface area contributed by atoms with Crippen LogP contribution in [0.5, 0.6) is 17.2 Å². The van der Waals surface area contributed by atoms with Crippen LogP contribution in [0.4, 0.5) is 0 Å². The highest BCUT2D eigenvalue weighted by molar-refractivity contribution is 5.53. The molecule has 114 valence electrons. The number of ether oxygens (including phenoxy) is 3. The van der Waals surface area contributed by atoms with E-state index in [1.165, 1.54) is 0 Å². The van der Waals surface area contributed by atoms with Gasteiger partial charge >= 0.3 is 0 Å². The highest BCUT2D eigenvalue weighted by Crippen LogP contribution is 2.39. The first-order valence-electron chi connectivity index (χ1n) is 6.62. The smallest absolute Gasteiger partial charge is 0.203 e. The number of nitrogens with zero attached hydrogens (tertiary/aromatic N) is 1. The molecule has 0 bridgehead atoms. The van der Waals surface area contributed by atoms with Crippen molar-refractivity contribution in [3.8, 4) is 17.2 Å². The van der Waals surface area contributed by atoms with Crippen molar-refractivity contribution in [3.05, 3.63) is 35.2 Å². The molecule has 0 aliphatic rings. The highest BCUT2D eigenvalue weighted by atomic mass is 16.5. The zero-order chi connectivity index (χ0) is 15.2. The van der Waals surface area contributed by atoms with E-state index >= 15 is 0 Å². The van der Waals surface area contributed by atoms with Gasteiger partial charge < -0.3 is 24.1 Å². The van der Waals surface area contributed by atoms with Crippen LogP contribution in [0.2, 0.25) is 0 Å². The van der Waals surface area contributed by atoms with E-state index in [0.29, 0.717) is 17.2 Å². The topological polar surface area (TPSA) is 65.8 Å². The standard InChI is InChI=1S/C15H20N2O4/c1-10-5-12(17-21-10)9-20-15-13(18-3)6-11(8-16-2)7-14(15)19-4/h5-7,16H,8-9H2,1-4H3. The van der Waals surface area contributed by atoms with Gasteiger partial charge in [-0.15, -0.1) is 0 Å². The maximum atomic E-state index is 5.79. The molecule has 0 unspecified atom stereocenters. The summed E-state index contributed by atoms with van der Waals surface area (Å²) in [6.45, 7) is 2.84. The molecule has 1 heterocycles. The molecular weight excluding hydrogens is 272 g/mol. The molecule has 0 saturated carbocycles. The lowest BCUT2D eigenvalue weighted by Crippen LogP contribution is -2.07. The Hall–Kier alpha value is -2.21. The van der Waals surface area contributed by atoms with E-state index in [2.05, 4.69) is 10.5 Å². The lowest BCUT2D eigenvalue weighted by atomic mass is 10.2. The van der Waals surface area contributed by atoms with Crippen LogP contribution in [0.25, 0.3) is 0 Å². The maximum Gasteiger partial charge on any atom is 0.203 e. The molecule has 6 nitrogen and oxygen atoms in total. The normalized spacial score (nSPS) is 10.5. The molecule has 0 fully saturated rings. The lowest BCUT2D eigenvalue weighted by molar-refractivity contribution is 0.255. The van der Waals surface area contributed by atoms with Gasteiger partial charge in [0.25, 0.3) is 0 Å². The molecule has 6 heteroatoms. The van der Waals surface area contributed by atoms with Crippen LogP contribution in [0.15, 0.2) is 22.7 Å². The van der Waals surface area contributed by atoms with Crippen molar-refractivity contribution in [1.29, 1.82) is 0 Å². The fourth-order valence-corrected chi connectivity index (χ4v) is 2.01. The van der Waals surface area contributed by atoms with Gasteiger partial charge in [-0.05, 0) is 31.7 Å².